The Hall–Kier alpha value is -2.07. The molecule has 0 radical (unpaired) electrons. The topological polar surface area (TPSA) is 28.6 Å². The highest BCUT2D eigenvalue weighted by Crippen LogP contribution is 2.18. The van der Waals surface area contributed by atoms with Crippen LogP contribution in [0.2, 0.25) is 0 Å². The van der Waals surface area contributed by atoms with Crippen LogP contribution in [0.5, 0.6) is 5.88 Å². The highest BCUT2D eigenvalue weighted by atomic mass is 16.5. The third-order valence-electron chi connectivity index (χ3n) is 3.82. The Bertz CT molecular complexity index is 548. The Kier molecular flexibility index (Phi) is 4.36. The first kappa shape index (κ1) is 13.9. The molecule has 110 valence electrons. The first-order valence-corrected chi connectivity index (χ1v) is 7.37. The van der Waals surface area contributed by atoms with Crippen molar-refractivity contribution < 1.29 is 4.74 Å². The van der Waals surface area contributed by atoms with E-state index in [0.29, 0.717) is 12.5 Å². The zero-order valence-electron chi connectivity index (χ0n) is 12.4. The van der Waals surface area contributed by atoms with E-state index in [1.54, 1.807) is 0 Å². The number of rotatable bonds is 4. The molecular weight excluding hydrogens is 262 g/mol. The zero-order valence-corrected chi connectivity index (χ0v) is 12.4. The highest BCUT2D eigenvalue weighted by Gasteiger charge is 2.14. The Balaban J connectivity index is 1.57. The van der Waals surface area contributed by atoms with Gasteiger partial charge in [0.1, 0.15) is 6.61 Å². The summed E-state index contributed by atoms with van der Waals surface area (Å²) in [7, 11) is 2.16. The maximum Gasteiger partial charge on any atom is 0.213 e. The lowest BCUT2D eigenvalue weighted by molar-refractivity contribution is 0.293. The maximum atomic E-state index is 5.71. The third-order valence-corrected chi connectivity index (χ3v) is 3.82. The summed E-state index contributed by atoms with van der Waals surface area (Å²) in [5, 5.41) is 0. The molecule has 0 spiro atoms. The van der Waals surface area contributed by atoms with E-state index in [1.165, 1.54) is 5.69 Å². The molecule has 1 aliphatic heterocycles. The summed E-state index contributed by atoms with van der Waals surface area (Å²) in [5.74, 6) is 0.678. The number of aromatic nitrogens is 1. The van der Waals surface area contributed by atoms with Crippen molar-refractivity contribution in [2.45, 2.75) is 6.61 Å². The van der Waals surface area contributed by atoms with Crippen molar-refractivity contribution in [2.75, 3.05) is 38.1 Å². The number of hydrogen-bond donors (Lipinski definition) is 0. The van der Waals surface area contributed by atoms with Crippen LogP contribution in [0.1, 0.15) is 5.56 Å². The number of piperazine rings is 1. The molecule has 0 amide bonds. The van der Waals surface area contributed by atoms with Crippen molar-refractivity contribution in [1.29, 1.82) is 0 Å². The van der Waals surface area contributed by atoms with Crippen LogP contribution in [0, 0.1) is 0 Å². The van der Waals surface area contributed by atoms with Gasteiger partial charge in [-0.1, -0.05) is 30.3 Å². The van der Waals surface area contributed by atoms with Crippen LogP contribution in [0.3, 0.4) is 0 Å². The Morgan fingerprint density at radius 1 is 1.00 bits per heavy atom. The summed E-state index contributed by atoms with van der Waals surface area (Å²) in [6.45, 7) is 4.88. The Labute approximate surface area is 126 Å². The van der Waals surface area contributed by atoms with Gasteiger partial charge in [0.05, 0.1) is 11.9 Å². The van der Waals surface area contributed by atoms with Crippen molar-refractivity contribution >= 4 is 5.69 Å². The predicted molar refractivity (Wildman–Crippen MR) is 84.7 cm³/mol. The van der Waals surface area contributed by atoms with E-state index >= 15 is 0 Å². The van der Waals surface area contributed by atoms with Gasteiger partial charge in [-0.25, -0.2) is 4.98 Å². The minimum absolute atomic E-state index is 0.557. The predicted octanol–water partition coefficient (Wildman–Crippen LogP) is 2.41. The summed E-state index contributed by atoms with van der Waals surface area (Å²) < 4.78 is 5.71. The van der Waals surface area contributed by atoms with Crippen molar-refractivity contribution in [2.24, 2.45) is 0 Å². The molecule has 1 aliphatic rings. The van der Waals surface area contributed by atoms with Crippen LogP contribution in [0.4, 0.5) is 5.69 Å². The second-order valence-corrected chi connectivity index (χ2v) is 5.42. The fourth-order valence-corrected chi connectivity index (χ4v) is 2.44. The molecule has 4 nitrogen and oxygen atoms in total. The summed E-state index contributed by atoms with van der Waals surface area (Å²) in [4.78, 5) is 9.13. The second kappa shape index (κ2) is 6.59. The second-order valence-electron chi connectivity index (χ2n) is 5.42. The van der Waals surface area contributed by atoms with Gasteiger partial charge in [-0.3, -0.25) is 0 Å². The van der Waals surface area contributed by atoms with E-state index in [1.807, 2.05) is 30.5 Å². The van der Waals surface area contributed by atoms with Gasteiger partial charge in [0, 0.05) is 32.2 Å². The molecule has 0 N–H and O–H groups in total. The van der Waals surface area contributed by atoms with Crippen molar-refractivity contribution in [1.82, 2.24) is 9.88 Å². The molecule has 4 heteroatoms. The fourth-order valence-electron chi connectivity index (χ4n) is 2.44. The van der Waals surface area contributed by atoms with E-state index in [4.69, 9.17) is 4.74 Å². The lowest BCUT2D eigenvalue weighted by Crippen LogP contribution is -2.44. The molecule has 2 aromatic rings. The standard InChI is InChI=1S/C17H21N3O/c1-19-9-11-20(12-10-19)16-7-8-17(18-13-16)21-14-15-5-3-2-4-6-15/h2-8,13H,9-12,14H2,1H3. The molecule has 1 saturated heterocycles. The van der Waals surface area contributed by atoms with E-state index < -0.39 is 0 Å². The lowest BCUT2D eigenvalue weighted by atomic mass is 10.2. The van der Waals surface area contributed by atoms with Crippen molar-refractivity contribution in [3.05, 3.63) is 54.2 Å². The Morgan fingerprint density at radius 3 is 2.43 bits per heavy atom. The van der Waals surface area contributed by atoms with Gasteiger partial charge in [0.25, 0.3) is 0 Å². The van der Waals surface area contributed by atoms with Crippen LogP contribution < -0.4 is 9.64 Å². The molecule has 1 aromatic carbocycles. The lowest BCUT2D eigenvalue weighted by Gasteiger charge is -2.33. The molecule has 0 saturated carbocycles. The van der Waals surface area contributed by atoms with Gasteiger partial charge in [0.15, 0.2) is 0 Å². The van der Waals surface area contributed by atoms with Gasteiger partial charge < -0.3 is 14.5 Å². The molecule has 0 atom stereocenters. The number of nitrogens with zero attached hydrogens (tertiary/aromatic N) is 3. The average molecular weight is 283 g/mol. The number of likely N-dealkylation sites (N-methyl/N-ethyl adjacent to an activating group) is 1. The van der Waals surface area contributed by atoms with Gasteiger partial charge >= 0.3 is 0 Å². The largest absolute Gasteiger partial charge is 0.473 e. The van der Waals surface area contributed by atoms with Crippen LogP contribution in [0.25, 0.3) is 0 Å². The molecule has 0 bridgehead atoms. The van der Waals surface area contributed by atoms with Crippen LogP contribution in [-0.4, -0.2) is 43.1 Å². The molecule has 1 fully saturated rings. The molecular formula is C17H21N3O. The van der Waals surface area contributed by atoms with E-state index in [-0.39, 0.29) is 0 Å². The van der Waals surface area contributed by atoms with E-state index in [0.717, 1.165) is 31.7 Å². The quantitative estimate of drug-likeness (QED) is 0.861. The minimum Gasteiger partial charge on any atom is -0.473 e. The number of hydrogen-bond acceptors (Lipinski definition) is 4. The third kappa shape index (κ3) is 3.73. The van der Waals surface area contributed by atoms with Crippen molar-refractivity contribution in [3.8, 4) is 5.88 Å². The molecule has 1 aromatic heterocycles. The van der Waals surface area contributed by atoms with Gasteiger partial charge in [-0.05, 0) is 18.7 Å². The SMILES string of the molecule is CN1CCN(c2ccc(OCc3ccccc3)nc2)CC1. The van der Waals surface area contributed by atoms with Gasteiger partial charge in [-0.2, -0.15) is 0 Å². The molecule has 0 aliphatic carbocycles. The summed E-state index contributed by atoms with van der Waals surface area (Å²) in [6, 6.07) is 14.2. The monoisotopic (exact) mass is 283 g/mol. The van der Waals surface area contributed by atoms with Crippen molar-refractivity contribution in [3.63, 3.8) is 0 Å². The minimum atomic E-state index is 0.557. The number of anilines is 1. The van der Waals surface area contributed by atoms with E-state index in [9.17, 15) is 0 Å². The highest BCUT2D eigenvalue weighted by molar-refractivity contribution is 5.45. The number of benzene rings is 1. The first-order chi connectivity index (χ1) is 10.3. The number of ether oxygens (including phenoxy) is 1. The molecule has 21 heavy (non-hydrogen) atoms. The molecule has 3 rings (SSSR count). The van der Waals surface area contributed by atoms with Gasteiger partial charge in [-0.15, -0.1) is 0 Å². The molecule has 2 heterocycles. The van der Waals surface area contributed by atoms with Crippen LogP contribution >= 0.6 is 0 Å². The van der Waals surface area contributed by atoms with E-state index in [2.05, 4.69) is 40.0 Å². The van der Waals surface area contributed by atoms with Crippen LogP contribution in [0.15, 0.2) is 48.7 Å². The number of pyridine rings is 1. The summed E-state index contributed by atoms with van der Waals surface area (Å²) >= 11 is 0. The molecule has 0 unspecified atom stereocenters. The average Bonchev–Trinajstić information content (AvgIpc) is 2.55. The maximum absolute atomic E-state index is 5.71. The smallest absolute Gasteiger partial charge is 0.213 e. The summed E-state index contributed by atoms with van der Waals surface area (Å²) in [6.07, 6.45) is 1.91. The van der Waals surface area contributed by atoms with Gasteiger partial charge in [0.2, 0.25) is 5.88 Å². The first-order valence-electron chi connectivity index (χ1n) is 7.37. The Morgan fingerprint density at radius 2 is 1.76 bits per heavy atom. The van der Waals surface area contributed by atoms with Crippen LogP contribution in [-0.2, 0) is 6.61 Å². The fraction of sp³-hybridized carbons (Fsp3) is 0.353. The zero-order chi connectivity index (χ0) is 14.5. The summed E-state index contributed by atoms with van der Waals surface area (Å²) in [5.41, 5.74) is 2.33. The normalized spacial score (nSPS) is 16.0.